The van der Waals surface area contributed by atoms with Crippen LogP contribution in [-0.2, 0) is 13.3 Å². The average Bonchev–Trinajstić information content (AvgIpc) is 2.31. The van der Waals surface area contributed by atoms with Gasteiger partial charge in [0.15, 0.2) is 0 Å². The summed E-state index contributed by atoms with van der Waals surface area (Å²) < 4.78 is 16.8. The molecule has 0 radical (unpaired) electrons. The van der Waals surface area contributed by atoms with Crippen molar-refractivity contribution in [2.24, 2.45) is 5.92 Å². The van der Waals surface area contributed by atoms with Crippen molar-refractivity contribution in [3.8, 4) is 0 Å². The van der Waals surface area contributed by atoms with Crippen molar-refractivity contribution in [2.75, 3.05) is 13.2 Å². The minimum absolute atomic E-state index is 0.00457. The summed E-state index contributed by atoms with van der Waals surface area (Å²) in [5.74, 6) is 0.577. The maximum Gasteiger partial charge on any atom is 0.485 e. The van der Waals surface area contributed by atoms with Gasteiger partial charge in [-0.15, -0.1) is 12.6 Å². The number of thiol groups is 1. The van der Waals surface area contributed by atoms with Crippen LogP contribution in [0.25, 0.3) is 0 Å². The molecule has 0 saturated heterocycles. The fourth-order valence-electron chi connectivity index (χ4n) is 2.04. The minimum atomic E-state index is -1.94. The molecule has 0 bridgehead atoms. The van der Waals surface area contributed by atoms with Gasteiger partial charge in [0.1, 0.15) is 0 Å². The Labute approximate surface area is 106 Å². The van der Waals surface area contributed by atoms with Crippen LogP contribution in [0.5, 0.6) is 0 Å². The van der Waals surface area contributed by atoms with Gasteiger partial charge in [-0.3, -0.25) is 0 Å². The molecule has 0 aromatic heterocycles. The van der Waals surface area contributed by atoms with Gasteiger partial charge < -0.3 is 13.3 Å². The van der Waals surface area contributed by atoms with Crippen LogP contribution in [0.3, 0.4) is 0 Å². The van der Waals surface area contributed by atoms with E-state index in [9.17, 15) is 0 Å². The Morgan fingerprint density at radius 1 is 1.12 bits per heavy atom. The third kappa shape index (κ3) is 5.18. The number of hydrogen-bond donors (Lipinski definition) is 1. The lowest BCUT2D eigenvalue weighted by Gasteiger charge is -2.29. The van der Waals surface area contributed by atoms with E-state index in [-0.39, 0.29) is 5.44 Å². The topological polar surface area (TPSA) is 27.7 Å². The molecule has 0 aromatic carbocycles. The molecule has 5 heteroatoms. The highest BCUT2D eigenvalue weighted by molar-refractivity contribution is 7.80. The van der Waals surface area contributed by atoms with E-state index in [2.05, 4.69) is 12.6 Å². The van der Waals surface area contributed by atoms with Crippen molar-refractivity contribution in [1.82, 2.24) is 0 Å². The van der Waals surface area contributed by atoms with Crippen LogP contribution in [0.2, 0.25) is 0 Å². The van der Waals surface area contributed by atoms with E-state index in [1.54, 1.807) is 0 Å². The standard InChI is InChI=1S/C11H24O3SSi/c1-3-12-16(13-4-2)14-11(15)10-8-6-5-7-9-10/h10-11,15-16H,3-9H2,1-2H3. The summed E-state index contributed by atoms with van der Waals surface area (Å²) in [7, 11) is -1.94. The summed E-state index contributed by atoms with van der Waals surface area (Å²) in [5.41, 5.74) is -0.00457. The average molecular weight is 264 g/mol. The van der Waals surface area contributed by atoms with E-state index < -0.39 is 9.53 Å². The third-order valence-corrected chi connectivity index (χ3v) is 5.41. The highest BCUT2D eigenvalue weighted by Crippen LogP contribution is 2.29. The Balaban J connectivity index is 2.30. The maximum atomic E-state index is 5.83. The molecule has 1 aliphatic rings. The first-order chi connectivity index (χ1) is 7.77. The zero-order valence-electron chi connectivity index (χ0n) is 10.4. The van der Waals surface area contributed by atoms with E-state index in [0.717, 1.165) is 0 Å². The van der Waals surface area contributed by atoms with Crippen LogP contribution in [0.4, 0.5) is 0 Å². The van der Waals surface area contributed by atoms with Crippen molar-refractivity contribution in [3.05, 3.63) is 0 Å². The van der Waals surface area contributed by atoms with Crippen LogP contribution < -0.4 is 0 Å². The quantitative estimate of drug-likeness (QED) is 0.435. The highest BCUT2D eigenvalue weighted by atomic mass is 32.1. The predicted molar refractivity (Wildman–Crippen MR) is 70.8 cm³/mol. The fourth-order valence-corrected chi connectivity index (χ4v) is 3.89. The van der Waals surface area contributed by atoms with Gasteiger partial charge in [0, 0.05) is 13.2 Å². The van der Waals surface area contributed by atoms with Crippen LogP contribution in [0, 0.1) is 5.92 Å². The normalized spacial score (nSPS) is 20.2. The molecule has 1 rings (SSSR count). The van der Waals surface area contributed by atoms with E-state index in [4.69, 9.17) is 13.3 Å². The molecular weight excluding hydrogens is 240 g/mol. The molecule has 1 unspecified atom stereocenters. The Morgan fingerprint density at radius 2 is 1.69 bits per heavy atom. The van der Waals surface area contributed by atoms with Gasteiger partial charge in [-0.25, -0.2) is 0 Å². The number of rotatable bonds is 7. The second-order valence-electron chi connectivity index (χ2n) is 4.12. The monoisotopic (exact) mass is 264 g/mol. The van der Waals surface area contributed by atoms with Gasteiger partial charge in [-0.2, -0.15) is 0 Å². The van der Waals surface area contributed by atoms with E-state index in [1.165, 1.54) is 32.1 Å². The molecule has 1 saturated carbocycles. The predicted octanol–water partition coefficient (Wildman–Crippen LogP) is 2.63. The Kier molecular flexibility index (Phi) is 7.73. The molecule has 0 spiro atoms. The number of hydrogen-bond acceptors (Lipinski definition) is 4. The van der Waals surface area contributed by atoms with Crippen LogP contribution in [-0.4, -0.2) is 28.2 Å². The second-order valence-corrected chi connectivity index (χ2v) is 6.15. The Morgan fingerprint density at radius 3 is 2.19 bits per heavy atom. The van der Waals surface area contributed by atoms with Crippen molar-refractivity contribution < 1.29 is 13.3 Å². The van der Waals surface area contributed by atoms with Crippen molar-refractivity contribution in [3.63, 3.8) is 0 Å². The SMILES string of the molecule is CCO[SiH](OCC)OC(S)C1CCCCC1. The van der Waals surface area contributed by atoms with Crippen molar-refractivity contribution in [2.45, 2.75) is 51.4 Å². The van der Waals surface area contributed by atoms with Gasteiger partial charge in [0.25, 0.3) is 0 Å². The molecule has 1 fully saturated rings. The van der Waals surface area contributed by atoms with Gasteiger partial charge in [0.05, 0.1) is 5.44 Å². The smallest absolute Gasteiger partial charge is 0.376 e. The zero-order chi connectivity index (χ0) is 11.8. The maximum absolute atomic E-state index is 5.83. The lowest BCUT2D eigenvalue weighted by molar-refractivity contribution is 0.0668. The lowest BCUT2D eigenvalue weighted by Crippen LogP contribution is -2.34. The largest absolute Gasteiger partial charge is 0.485 e. The first kappa shape index (κ1) is 14.5. The van der Waals surface area contributed by atoms with E-state index in [1.807, 2.05) is 13.8 Å². The molecule has 96 valence electrons. The van der Waals surface area contributed by atoms with Crippen LogP contribution in [0.15, 0.2) is 0 Å². The highest BCUT2D eigenvalue weighted by Gasteiger charge is 2.26. The first-order valence-corrected chi connectivity index (χ1v) is 8.27. The summed E-state index contributed by atoms with van der Waals surface area (Å²) in [6.45, 7) is 5.25. The molecule has 3 nitrogen and oxygen atoms in total. The molecule has 0 aromatic rings. The summed E-state index contributed by atoms with van der Waals surface area (Å²) >= 11 is 4.55. The summed E-state index contributed by atoms with van der Waals surface area (Å²) in [6, 6.07) is 0. The van der Waals surface area contributed by atoms with Gasteiger partial charge >= 0.3 is 9.53 Å². The lowest BCUT2D eigenvalue weighted by atomic mass is 9.90. The van der Waals surface area contributed by atoms with Crippen molar-refractivity contribution in [1.29, 1.82) is 0 Å². The molecule has 0 aliphatic heterocycles. The summed E-state index contributed by atoms with van der Waals surface area (Å²) in [5, 5.41) is 0. The van der Waals surface area contributed by atoms with Crippen molar-refractivity contribution >= 4 is 22.2 Å². The van der Waals surface area contributed by atoms with E-state index >= 15 is 0 Å². The molecule has 0 N–H and O–H groups in total. The van der Waals surface area contributed by atoms with E-state index in [0.29, 0.717) is 19.1 Å². The molecule has 0 heterocycles. The third-order valence-electron chi connectivity index (χ3n) is 2.91. The van der Waals surface area contributed by atoms with Gasteiger partial charge in [0.2, 0.25) is 0 Å². The molecule has 1 aliphatic carbocycles. The molecular formula is C11H24O3SSi. The molecule has 0 amide bonds. The van der Waals surface area contributed by atoms with Gasteiger partial charge in [-0.05, 0) is 32.6 Å². The fraction of sp³-hybridized carbons (Fsp3) is 1.00. The summed E-state index contributed by atoms with van der Waals surface area (Å²) in [4.78, 5) is 0. The second kappa shape index (κ2) is 8.52. The van der Waals surface area contributed by atoms with Gasteiger partial charge in [-0.1, -0.05) is 19.3 Å². The molecule has 1 atom stereocenters. The zero-order valence-corrected chi connectivity index (χ0v) is 12.4. The van der Waals surface area contributed by atoms with Crippen LogP contribution in [0.1, 0.15) is 46.0 Å². The summed E-state index contributed by atoms with van der Waals surface area (Å²) in [6.07, 6.45) is 6.43. The first-order valence-electron chi connectivity index (χ1n) is 6.34. The Bertz CT molecular complexity index is 171. The minimum Gasteiger partial charge on any atom is -0.376 e. The van der Waals surface area contributed by atoms with Crippen LogP contribution >= 0.6 is 12.6 Å². The Hall–Kier alpha value is 0.447. The molecule has 16 heavy (non-hydrogen) atoms.